The lowest BCUT2D eigenvalue weighted by Gasteiger charge is -2.26. The van der Waals surface area contributed by atoms with E-state index in [0.717, 1.165) is 23.3 Å². The Bertz CT molecular complexity index is 682. The number of amides is 1. The molecule has 6 heteroatoms. The maximum Gasteiger partial charge on any atom is 0.255 e. The van der Waals surface area contributed by atoms with E-state index in [1.807, 2.05) is 18.2 Å². The minimum atomic E-state index is -0.149. The van der Waals surface area contributed by atoms with E-state index in [2.05, 4.69) is 26.1 Å². The van der Waals surface area contributed by atoms with Gasteiger partial charge in [0.25, 0.3) is 5.91 Å². The van der Waals surface area contributed by atoms with Crippen molar-refractivity contribution in [3.63, 3.8) is 0 Å². The van der Waals surface area contributed by atoms with Gasteiger partial charge in [-0.25, -0.2) is 0 Å². The minimum Gasteiger partial charge on any atom is -0.496 e. The van der Waals surface area contributed by atoms with Crippen LogP contribution < -0.4 is 10.1 Å². The summed E-state index contributed by atoms with van der Waals surface area (Å²) in [5, 5.41) is 3.02. The van der Waals surface area contributed by atoms with Crippen molar-refractivity contribution in [1.29, 1.82) is 0 Å². The average molecular weight is 393 g/mol. The Labute approximate surface area is 150 Å². The van der Waals surface area contributed by atoms with E-state index < -0.39 is 0 Å². The molecule has 128 valence electrons. The van der Waals surface area contributed by atoms with E-state index in [4.69, 9.17) is 9.15 Å². The molecule has 0 saturated carbocycles. The third-order valence-corrected chi connectivity index (χ3v) is 4.81. The first-order chi connectivity index (χ1) is 11.7. The lowest BCUT2D eigenvalue weighted by Crippen LogP contribution is -2.36. The smallest absolute Gasteiger partial charge is 0.255 e. The van der Waals surface area contributed by atoms with E-state index in [9.17, 15) is 4.79 Å². The Balaban J connectivity index is 1.72. The van der Waals surface area contributed by atoms with Gasteiger partial charge in [-0.05, 0) is 56.3 Å². The fraction of sp³-hybridized carbons (Fsp3) is 0.389. The molecule has 1 aromatic heterocycles. The molecular formula is C18H21BrN2O3. The minimum absolute atomic E-state index is 0.0598. The van der Waals surface area contributed by atoms with Crippen LogP contribution in [0.4, 0.5) is 0 Å². The van der Waals surface area contributed by atoms with Crippen LogP contribution in [0.15, 0.2) is 45.5 Å². The van der Waals surface area contributed by atoms with Gasteiger partial charge in [-0.1, -0.05) is 15.9 Å². The summed E-state index contributed by atoms with van der Waals surface area (Å²) < 4.78 is 11.7. The van der Waals surface area contributed by atoms with Crippen LogP contribution >= 0.6 is 15.9 Å². The number of likely N-dealkylation sites (tertiary alicyclic amines) is 1. The van der Waals surface area contributed by atoms with Crippen molar-refractivity contribution in [3.8, 4) is 5.75 Å². The lowest BCUT2D eigenvalue weighted by molar-refractivity contribution is 0.0930. The summed E-state index contributed by atoms with van der Waals surface area (Å²) in [7, 11) is 1.57. The van der Waals surface area contributed by atoms with Gasteiger partial charge in [0.15, 0.2) is 0 Å². The Morgan fingerprint density at radius 1 is 1.38 bits per heavy atom. The fourth-order valence-corrected chi connectivity index (χ4v) is 3.45. The SMILES string of the molecule is COc1ccc(Br)cc1C(=O)NCC(c1ccco1)N1CCCC1. The first-order valence-corrected chi connectivity index (χ1v) is 8.87. The highest BCUT2D eigenvalue weighted by atomic mass is 79.9. The van der Waals surface area contributed by atoms with Gasteiger partial charge in [0.05, 0.1) is 25.0 Å². The van der Waals surface area contributed by atoms with Crippen LogP contribution in [0.5, 0.6) is 5.75 Å². The molecule has 1 unspecified atom stereocenters. The molecule has 0 bridgehead atoms. The lowest BCUT2D eigenvalue weighted by atomic mass is 10.1. The molecule has 3 rings (SSSR count). The number of furan rings is 1. The summed E-state index contributed by atoms with van der Waals surface area (Å²) in [6, 6.07) is 9.32. The van der Waals surface area contributed by atoms with Crippen molar-refractivity contribution in [1.82, 2.24) is 10.2 Å². The zero-order chi connectivity index (χ0) is 16.9. The second kappa shape index (κ2) is 7.85. The summed E-state index contributed by atoms with van der Waals surface area (Å²) >= 11 is 3.40. The number of carbonyl (C=O) groups excluding carboxylic acids is 1. The number of hydrogen-bond donors (Lipinski definition) is 1. The molecular weight excluding hydrogens is 372 g/mol. The number of hydrogen-bond acceptors (Lipinski definition) is 4. The maximum absolute atomic E-state index is 12.6. The molecule has 1 aromatic carbocycles. The van der Waals surface area contributed by atoms with E-state index in [-0.39, 0.29) is 11.9 Å². The molecule has 0 radical (unpaired) electrons. The Morgan fingerprint density at radius 2 is 2.17 bits per heavy atom. The normalized spacial score (nSPS) is 16.1. The Morgan fingerprint density at radius 3 is 2.83 bits per heavy atom. The highest BCUT2D eigenvalue weighted by Crippen LogP contribution is 2.26. The van der Waals surface area contributed by atoms with Crippen LogP contribution in [0.3, 0.4) is 0 Å². The number of nitrogens with one attached hydrogen (secondary N) is 1. The van der Waals surface area contributed by atoms with Crippen molar-refractivity contribution in [2.24, 2.45) is 0 Å². The number of methoxy groups -OCH3 is 1. The molecule has 1 N–H and O–H groups in total. The van der Waals surface area contributed by atoms with Crippen LogP contribution in [0.25, 0.3) is 0 Å². The number of rotatable bonds is 6. The molecule has 1 fully saturated rings. The van der Waals surface area contributed by atoms with Gasteiger partial charge < -0.3 is 14.5 Å². The van der Waals surface area contributed by atoms with Crippen LogP contribution in [0.2, 0.25) is 0 Å². The molecule has 1 amide bonds. The molecule has 5 nitrogen and oxygen atoms in total. The second-order valence-corrected chi connectivity index (χ2v) is 6.74. The Kier molecular flexibility index (Phi) is 5.58. The predicted octanol–water partition coefficient (Wildman–Crippen LogP) is 3.62. The highest BCUT2D eigenvalue weighted by molar-refractivity contribution is 9.10. The molecule has 24 heavy (non-hydrogen) atoms. The molecule has 0 spiro atoms. The van der Waals surface area contributed by atoms with Gasteiger partial charge in [-0.15, -0.1) is 0 Å². The molecule has 0 aliphatic carbocycles. The standard InChI is InChI=1S/C18H21BrN2O3/c1-23-16-7-6-13(19)11-14(16)18(22)20-12-15(17-5-4-10-24-17)21-8-2-3-9-21/h4-7,10-11,15H,2-3,8-9,12H2,1H3,(H,20,22). The number of ether oxygens (including phenoxy) is 1. The van der Waals surface area contributed by atoms with Crippen molar-refractivity contribution < 1.29 is 13.9 Å². The number of nitrogens with zero attached hydrogens (tertiary/aromatic N) is 1. The van der Waals surface area contributed by atoms with Gasteiger partial charge >= 0.3 is 0 Å². The van der Waals surface area contributed by atoms with Crippen molar-refractivity contribution >= 4 is 21.8 Å². The third kappa shape index (κ3) is 3.82. The average Bonchev–Trinajstić information content (AvgIpc) is 3.29. The van der Waals surface area contributed by atoms with Crippen molar-refractivity contribution in [2.75, 3.05) is 26.7 Å². The summed E-state index contributed by atoms with van der Waals surface area (Å²) in [5.41, 5.74) is 0.520. The molecule has 2 heterocycles. The molecule has 1 saturated heterocycles. The fourth-order valence-electron chi connectivity index (χ4n) is 3.09. The number of carbonyl (C=O) groups is 1. The van der Waals surface area contributed by atoms with Crippen LogP contribution in [-0.2, 0) is 0 Å². The zero-order valence-electron chi connectivity index (χ0n) is 13.6. The third-order valence-electron chi connectivity index (χ3n) is 4.32. The molecule has 2 aromatic rings. The van der Waals surface area contributed by atoms with Gasteiger partial charge in [0.1, 0.15) is 11.5 Å². The first-order valence-electron chi connectivity index (χ1n) is 8.08. The topological polar surface area (TPSA) is 54.7 Å². The number of halogens is 1. The summed E-state index contributed by atoms with van der Waals surface area (Å²) in [5.74, 6) is 1.30. The predicted molar refractivity (Wildman–Crippen MR) is 95.3 cm³/mol. The van der Waals surface area contributed by atoms with Gasteiger partial charge in [0.2, 0.25) is 0 Å². The van der Waals surface area contributed by atoms with Crippen LogP contribution in [0.1, 0.15) is 35.0 Å². The Hall–Kier alpha value is -1.79. The van der Waals surface area contributed by atoms with E-state index in [1.54, 1.807) is 25.5 Å². The van der Waals surface area contributed by atoms with E-state index in [0.29, 0.717) is 17.9 Å². The summed E-state index contributed by atoms with van der Waals surface area (Å²) in [6.07, 6.45) is 4.05. The van der Waals surface area contributed by atoms with E-state index >= 15 is 0 Å². The van der Waals surface area contributed by atoms with Crippen LogP contribution in [-0.4, -0.2) is 37.6 Å². The summed E-state index contributed by atoms with van der Waals surface area (Å²) in [4.78, 5) is 15.0. The molecule has 1 atom stereocenters. The highest BCUT2D eigenvalue weighted by Gasteiger charge is 2.26. The maximum atomic E-state index is 12.6. The molecule has 1 aliphatic rings. The van der Waals surface area contributed by atoms with Gasteiger partial charge in [0, 0.05) is 11.0 Å². The van der Waals surface area contributed by atoms with Crippen LogP contribution in [0, 0.1) is 0 Å². The quantitative estimate of drug-likeness (QED) is 0.815. The van der Waals surface area contributed by atoms with E-state index in [1.165, 1.54) is 12.8 Å². The van der Waals surface area contributed by atoms with Gasteiger partial charge in [-0.3, -0.25) is 9.69 Å². The van der Waals surface area contributed by atoms with Gasteiger partial charge in [-0.2, -0.15) is 0 Å². The number of benzene rings is 1. The monoisotopic (exact) mass is 392 g/mol. The largest absolute Gasteiger partial charge is 0.496 e. The second-order valence-electron chi connectivity index (χ2n) is 5.83. The first kappa shape index (κ1) is 17.0. The van der Waals surface area contributed by atoms with Crippen molar-refractivity contribution in [2.45, 2.75) is 18.9 Å². The zero-order valence-corrected chi connectivity index (χ0v) is 15.2. The molecule has 1 aliphatic heterocycles. The van der Waals surface area contributed by atoms with Crippen molar-refractivity contribution in [3.05, 3.63) is 52.4 Å². The summed E-state index contributed by atoms with van der Waals surface area (Å²) in [6.45, 7) is 2.56.